The molecule has 0 radical (unpaired) electrons. The van der Waals surface area contributed by atoms with Gasteiger partial charge in [0.05, 0.1) is 0 Å². The van der Waals surface area contributed by atoms with E-state index in [4.69, 9.17) is 0 Å². The number of rotatable bonds is 6. The van der Waals surface area contributed by atoms with Crippen LogP contribution in [0.3, 0.4) is 0 Å². The van der Waals surface area contributed by atoms with Crippen LogP contribution in [0.5, 0.6) is 0 Å². The molecule has 0 aliphatic heterocycles. The maximum Gasteiger partial charge on any atom is 0.0337 e. The maximum absolute atomic E-state index is 3.22. The van der Waals surface area contributed by atoms with Gasteiger partial charge in [0.2, 0.25) is 0 Å². The predicted molar refractivity (Wildman–Crippen MR) is 125 cm³/mol. The second kappa shape index (κ2) is 8.52. The molecule has 0 amide bonds. The largest absolute Gasteiger partial charge is 0.388 e. The van der Waals surface area contributed by atoms with Crippen molar-refractivity contribution in [1.82, 2.24) is 0 Å². The van der Waals surface area contributed by atoms with E-state index in [1.54, 1.807) is 0 Å². The summed E-state index contributed by atoms with van der Waals surface area (Å²) in [5, 5.41) is 6.45. The van der Waals surface area contributed by atoms with Crippen molar-refractivity contribution >= 4 is 11.4 Å². The predicted octanol–water partition coefficient (Wildman–Crippen LogP) is 7.35. The zero-order valence-corrected chi connectivity index (χ0v) is 17.9. The van der Waals surface area contributed by atoms with Crippen LogP contribution >= 0.6 is 0 Å². The van der Waals surface area contributed by atoms with E-state index in [1.807, 2.05) is 14.1 Å². The highest BCUT2D eigenvalue weighted by atomic mass is 14.8. The van der Waals surface area contributed by atoms with Crippen LogP contribution in [-0.2, 0) is 0 Å². The molecule has 0 atom stereocenters. The topological polar surface area (TPSA) is 24.1 Å². The molecule has 0 unspecified atom stereocenters. The fourth-order valence-electron chi connectivity index (χ4n) is 3.83. The van der Waals surface area contributed by atoms with Crippen LogP contribution in [0.1, 0.15) is 50.7 Å². The van der Waals surface area contributed by atoms with Crippen molar-refractivity contribution in [3.05, 3.63) is 71.8 Å². The lowest BCUT2D eigenvalue weighted by Crippen LogP contribution is -2.02. The average molecular weight is 373 g/mol. The number of benzene rings is 3. The van der Waals surface area contributed by atoms with Gasteiger partial charge in [0.15, 0.2) is 0 Å². The SMILES string of the molecule is CNc1ccc(-c2c(C(C)C)ccc(C(C)C)c2-c2ccc(NC)cc2)cc1. The summed E-state index contributed by atoms with van der Waals surface area (Å²) in [7, 11) is 3.92. The van der Waals surface area contributed by atoms with Gasteiger partial charge < -0.3 is 10.6 Å². The highest BCUT2D eigenvalue weighted by Gasteiger charge is 2.20. The highest BCUT2D eigenvalue weighted by molar-refractivity contribution is 5.89. The first-order chi connectivity index (χ1) is 13.5. The Morgan fingerprint density at radius 3 is 1.07 bits per heavy atom. The van der Waals surface area contributed by atoms with E-state index in [9.17, 15) is 0 Å². The molecule has 0 heterocycles. The van der Waals surface area contributed by atoms with Gasteiger partial charge in [-0.25, -0.2) is 0 Å². The molecule has 2 heteroatoms. The van der Waals surface area contributed by atoms with Crippen LogP contribution in [0, 0.1) is 0 Å². The minimum Gasteiger partial charge on any atom is -0.388 e. The molecule has 0 saturated heterocycles. The summed E-state index contributed by atoms with van der Waals surface area (Å²) in [5.41, 5.74) is 10.3. The van der Waals surface area contributed by atoms with E-state index in [1.165, 1.54) is 33.4 Å². The van der Waals surface area contributed by atoms with Gasteiger partial charge in [-0.2, -0.15) is 0 Å². The van der Waals surface area contributed by atoms with Crippen LogP contribution in [0.4, 0.5) is 11.4 Å². The minimum absolute atomic E-state index is 0.454. The van der Waals surface area contributed by atoms with E-state index in [0.29, 0.717) is 11.8 Å². The summed E-state index contributed by atoms with van der Waals surface area (Å²) >= 11 is 0. The van der Waals surface area contributed by atoms with Crippen molar-refractivity contribution in [3.63, 3.8) is 0 Å². The van der Waals surface area contributed by atoms with Crippen LogP contribution < -0.4 is 10.6 Å². The van der Waals surface area contributed by atoms with E-state index in [2.05, 4.69) is 99.0 Å². The molecule has 0 aliphatic rings. The first-order valence-corrected chi connectivity index (χ1v) is 10.2. The van der Waals surface area contributed by atoms with Crippen molar-refractivity contribution in [2.75, 3.05) is 24.7 Å². The molecule has 3 aromatic carbocycles. The molecule has 0 spiro atoms. The summed E-state index contributed by atoms with van der Waals surface area (Å²) in [6.45, 7) is 9.13. The number of hydrogen-bond acceptors (Lipinski definition) is 2. The second-order valence-electron chi connectivity index (χ2n) is 7.96. The van der Waals surface area contributed by atoms with Gasteiger partial charge in [-0.3, -0.25) is 0 Å². The lowest BCUT2D eigenvalue weighted by Gasteiger charge is -2.23. The van der Waals surface area contributed by atoms with Crippen molar-refractivity contribution in [2.24, 2.45) is 0 Å². The van der Waals surface area contributed by atoms with Gasteiger partial charge in [0.25, 0.3) is 0 Å². The molecule has 2 N–H and O–H groups in total. The lowest BCUT2D eigenvalue weighted by atomic mass is 9.81. The van der Waals surface area contributed by atoms with Gasteiger partial charge in [-0.1, -0.05) is 64.1 Å². The van der Waals surface area contributed by atoms with Crippen LogP contribution in [0.15, 0.2) is 60.7 Å². The third-order valence-electron chi connectivity index (χ3n) is 5.44. The number of hydrogen-bond donors (Lipinski definition) is 2. The third-order valence-corrected chi connectivity index (χ3v) is 5.44. The second-order valence-corrected chi connectivity index (χ2v) is 7.96. The first kappa shape index (κ1) is 20.0. The molecule has 0 saturated carbocycles. The Morgan fingerprint density at radius 2 is 0.821 bits per heavy atom. The Kier molecular flexibility index (Phi) is 6.08. The Hall–Kier alpha value is -2.74. The van der Waals surface area contributed by atoms with Crippen molar-refractivity contribution < 1.29 is 0 Å². The Morgan fingerprint density at radius 1 is 0.500 bits per heavy atom. The standard InChI is InChI=1S/C26H32N2/c1-17(2)23-15-16-24(18(3)4)26(20-9-13-22(28-6)14-10-20)25(23)19-7-11-21(27-5)12-8-19/h7-18,27-28H,1-6H3. The summed E-state index contributed by atoms with van der Waals surface area (Å²) in [6, 6.07) is 22.3. The number of nitrogens with one attached hydrogen (secondary N) is 2. The van der Waals surface area contributed by atoms with E-state index in [0.717, 1.165) is 11.4 Å². The summed E-state index contributed by atoms with van der Waals surface area (Å²) in [6.07, 6.45) is 0. The summed E-state index contributed by atoms with van der Waals surface area (Å²) in [5.74, 6) is 0.908. The monoisotopic (exact) mass is 372 g/mol. The molecule has 28 heavy (non-hydrogen) atoms. The van der Waals surface area contributed by atoms with Gasteiger partial charge in [-0.05, 0) is 69.5 Å². The molecular weight excluding hydrogens is 340 g/mol. The van der Waals surface area contributed by atoms with E-state index < -0.39 is 0 Å². The maximum atomic E-state index is 3.22. The van der Waals surface area contributed by atoms with Crippen LogP contribution in [-0.4, -0.2) is 14.1 Å². The van der Waals surface area contributed by atoms with Crippen molar-refractivity contribution in [1.29, 1.82) is 0 Å². The first-order valence-electron chi connectivity index (χ1n) is 10.2. The molecule has 3 aromatic rings. The smallest absolute Gasteiger partial charge is 0.0337 e. The molecule has 3 rings (SSSR count). The zero-order valence-electron chi connectivity index (χ0n) is 17.9. The molecular formula is C26H32N2. The average Bonchev–Trinajstić information content (AvgIpc) is 2.72. The fourth-order valence-corrected chi connectivity index (χ4v) is 3.83. The van der Waals surface area contributed by atoms with Crippen molar-refractivity contribution in [3.8, 4) is 22.3 Å². The minimum atomic E-state index is 0.454. The summed E-state index contributed by atoms with van der Waals surface area (Å²) in [4.78, 5) is 0. The highest BCUT2D eigenvalue weighted by Crippen LogP contribution is 2.43. The molecule has 146 valence electrons. The normalized spacial score (nSPS) is 11.1. The molecule has 0 fully saturated rings. The molecule has 0 aromatic heterocycles. The van der Waals surface area contributed by atoms with Crippen LogP contribution in [0.25, 0.3) is 22.3 Å². The van der Waals surface area contributed by atoms with Gasteiger partial charge in [0, 0.05) is 25.5 Å². The van der Waals surface area contributed by atoms with Crippen molar-refractivity contribution in [2.45, 2.75) is 39.5 Å². The van der Waals surface area contributed by atoms with E-state index in [-0.39, 0.29) is 0 Å². The Bertz CT molecular complexity index is 841. The summed E-state index contributed by atoms with van der Waals surface area (Å²) < 4.78 is 0. The molecule has 2 nitrogen and oxygen atoms in total. The zero-order chi connectivity index (χ0) is 20.3. The molecule has 0 bridgehead atoms. The number of anilines is 2. The Balaban J connectivity index is 2.33. The molecule has 0 aliphatic carbocycles. The fraction of sp³-hybridized carbons (Fsp3) is 0.308. The van der Waals surface area contributed by atoms with Gasteiger partial charge in [0.1, 0.15) is 0 Å². The quantitative estimate of drug-likeness (QED) is 0.472. The lowest BCUT2D eigenvalue weighted by molar-refractivity contribution is 0.849. The van der Waals surface area contributed by atoms with Crippen LogP contribution in [0.2, 0.25) is 0 Å². The van der Waals surface area contributed by atoms with Gasteiger partial charge in [-0.15, -0.1) is 0 Å². The van der Waals surface area contributed by atoms with E-state index >= 15 is 0 Å². The Labute approximate surface area is 170 Å². The van der Waals surface area contributed by atoms with Gasteiger partial charge >= 0.3 is 0 Å². The third kappa shape index (κ3) is 3.91.